The molecule has 0 saturated carbocycles. The molecule has 0 atom stereocenters. The minimum absolute atomic E-state index is 0.0379. The van der Waals surface area contributed by atoms with Gasteiger partial charge in [0.1, 0.15) is 5.56 Å². The topological polar surface area (TPSA) is 91.1 Å². The second-order valence-corrected chi connectivity index (χ2v) is 4.50. The molecule has 2 rings (SSSR count). The number of pyridine rings is 1. The van der Waals surface area contributed by atoms with E-state index in [2.05, 4.69) is 15.6 Å². The molecule has 108 valence electrons. The number of anilines is 1. The smallest absolute Gasteiger partial charge is 0.261 e. The van der Waals surface area contributed by atoms with Gasteiger partial charge in [0.05, 0.1) is 0 Å². The molecule has 1 aromatic carbocycles. The predicted molar refractivity (Wildman–Crippen MR) is 79.6 cm³/mol. The van der Waals surface area contributed by atoms with Crippen molar-refractivity contribution in [2.24, 2.45) is 0 Å². The Bertz CT molecular complexity index is 733. The van der Waals surface area contributed by atoms with Crippen LogP contribution in [0.2, 0.25) is 0 Å². The maximum atomic E-state index is 12.0. The lowest BCUT2D eigenvalue weighted by molar-refractivity contribution is 0.0962. The first-order valence-electron chi connectivity index (χ1n) is 6.34. The Hall–Kier alpha value is -2.89. The molecule has 0 aliphatic rings. The second-order valence-electron chi connectivity index (χ2n) is 4.50. The zero-order valence-electron chi connectivity index (χ0n) is 11.7. The maximum Gasteiger partial charge on any atom is 0.261 e. The molecule has 2 amide bonds. The minimum atomic E-state index is -0.496. The van der Waals surface area contributed by atoms with Crippen LogP contribution >= 0.6 is 0 Å². The first kappa shape index (κ1) is 14.5. The summed E-state index contributed by atoms with van der Waals surface area (Å²) in [7, 11) is 1.54. The molecule has 3 N–H and O–H groups in total. The number of aromatic amines is 1. The van der Waals surface area contributed by atoms with Crippen LogP contribution in [0.1, 0.15) is 26.4 Å². The van der Waals surface area contributed by atoms with Crippen LogP contribution in [0.5, 0.6) is 0 Å². The Morgan fingerprint density at radius 2 is 1.76 bits per heavy atom. The van der Waals surface area contributed by atoms with Crippen molar-refractivity contribution in [1.29, 1.82) is 0 Å². The minimum Gasteiger partial charge on any atom is -0.364 e. The van der Waals surface area contributed by atoms with E-state index in [9.17, 15) is 14.4 Å². The zero-order chi connectivity index (χ0) is 15.4. The number of hydrogen-bond acceptors (Lipinski definition) is 3. The van der Waals surface area contributed by atoms with Gasteiger partial charge in [0.25, 0.3) is 11.8 Å². The third-order valence-electron chi connectivity index (χ3n) is 2.93. The van der Waals surface area contributed by atoms with Crippen LogP contribution in [0.25, 0.3) is 0 Å². The van der Waals surface area contributed by atoms with Gasteiger partial charge in [-0.05, 0) is 31.2 Å². The zero-order valence-corrected chi connectivity index (χ0v) is 11.7. The van der Waals surface area contributed by atoms with Crippen LogP contribution in [0, 0.1) is 6.92 Å². The van der Waals surface area contributed by atoms with Crippen LogP contribution in [0.15, 0.2) is 41.3 Å². The molecule has 1 aromatic heterocycles. The molecule has 0 spiro atoms. The van der Waals surface area contributed by atoms with Crippen molar-refractivity contribution in [2.45, 2.75) is 6.92 Å². The van der Waals surface area contributed by atoms with E-state index < -0.39 is 5.91 Å². The average Bonchev–Trinajstić information content (AvgIpc) is 2.47. The Morgan fingerprint density at radius 3 is 2.33 bits per heavy atom. The van der Waals surface area contributed by atoms with Gasteiger partial charge in [-0.25, -0.2) is 0 Å². The largest absolute Gasteiger partial charge is 0.364 e. The lowest BCUT2D eigenvalue weighted by atomic mass is 10.2. The quantitative estimate of drug-likeness (QED) is 0.793. The van der Waals surface area contributed by atoms with Gasteiger partial charge in [-0.1, -0.05) is 0 Å². The van der Waals surface area contributed by atoms with Crippen molar-refractivity contribution in [3.63, 3.8) is 0 Å². The molecule has 6 nitrogen and oxygen atoms in total. The Morgan fingerprint density at radius 1 is 1.10 bits per heavy atom. The summed E-state index contributed by atoms with van der Waals surface area (Å²) in [5, 5.41) is 5.12. The normalized spacial score (nSPS) is 10.0. The number of benzene rings is 1. The SMILES string of the molecule is CNC(=O)c1ccc(NC(=O)c2c[nH]c(C)cc2=O)cc1. The fourth-order valence-corrected chi connectivity index (χ4v) is 1.80. The summed E-state index contributed by atoms with van der Waals surface area (Å²) < 4.78 is 0. The van der Waals surface area contributed by atoms with Gasteiger partial charge in [-0.15, -0.1) is 0 Å². The fraction of sp³-hybridized carbons (Fsp3) is 0.133. The van der Waals surface area contributed by atoms with E-state index in [-0.39, 0.29) is 16.9 Å². The molecule has 0 bridgehead atoms. The summed E-state index contributed by atoms with van der Waals surface area (Å²) in [6, 6.07) is 7.75. The van der Waals surface area contributed by atoms with E-state index >= 15 is 0 Å². The number of rotatable bonds is 3. The van der Waals surface area contributed by atoms with Crippen LogP contribution in [-0.4, -0.2) is 23.8 Å². The number of carbonyl (C=O) groups is 2. The summed E-state index contributed by atoms with van der Waals surface area (Å²) in [4.78, 5) is 38.0. The predicted octanol–water partition coefficient (Wildman–Crippen LogP) is 1.30. The number of H-pyrrole nitrogens is 1. The highest BCUT2D eigenvalue weighted by atomic mass is 16.2. The molecule has 0 aliphatic heterocycles. The van der Waals surface area contributed by atoms with Crippen molar-refractivity contribution >= 4 is 17.5 Å². The van der Waals surface area contributed by atoms with Crippen LogP contribution in [0.3, 0.4) is 0 Å². The average molecular weight is 285 g/mol. The number of carbonyl (C=O) groups excluding carboxylic acids is 2. The van der Waals surface area contributed by atoms with Gasteiger partial charge in [-0.2, -0.15) is 0 Å². The highest BCUT2D eigenvalue weighted by Crippen LogP contribution is 2.10. The molecule has 6 heteroatoms. The first-order chi connectivity index (χ1) is 10.0. The summed E-state index contributed by atoms with van der Waals surface area (Å²) in [6.07, 6.45) is 1.38. The summed E-state index contributed by atoms with van der Waals surface area (Å²) >= 11 is 0. The molecule has 0 aliphatic carbocycles. The molecule has 0 radical (unpaired) electrons. The Balaban J connectivity index is 2.16. The first-order valence-corrected chi connectivity index (χ1v) is 6.34. The summed E-state index contributed by atoms with van der Waals surface area (Å²) in [6.45, 7) is 1.74. The van der Waals surface area contributed by atoms with Crippen LogP contribution < -0.4 is 16.1 Å². The van der Waals surface area contributed by atoms with E-state index in [1.54, 1.807) is 38.2 Å². The molecule has 1 heterocycles. The number of hydrogen-bond donors (Lipinski definition) is 3. The van der Waals surface area contributed by atoms with E-state index in [1.807, 2.05) is 0 Å². The van der Waals surface area contributed by atoms with Crippen molar-refractivity contribution in [3.8, 4) is 0 Å². The number of nitrogens with one attached hydrogen (secondary N) is 3. The van der Waals surface area contributed by atoms with Crippen LogP contribution in [-0.2, 0) is 0 Å². The van der Waals surface area contributed by atoms with Gasteiger partial charge in [0, 0.05) is 36.3 Å². The molecule has 0 fully saturated rings. The van der Waals surface area contributed by atoms with Crippen LogP contribution in [0.4, 0.5) is 5.69 Å². The standard InChI is InChI=1S/C15H15N3O3/c1-9-7-13(19)12(8-17-9)15(21)18-11-5-3-10(4-6-11)14(20)16-2/h3-8H,1-2H3,(H,16,20)(H,17,19)(H,18,21). The van der Waals surface area contributed by atoms with Gasteiger partial charge in [0.2, 0.25) is 0 Å². The monoisotopic (exact) mass is 285 g/mol. The van der Waals surface area contributed by atoms with E-state index in [0.29, 0.717) is 16.9 Å². The number of aryl methyl sites for hydroxylation is 1. The van der Waals surface area contributed by atoms with Crippen molar-refractivity contribution in [2.75, 3.05) is 12.4 Å². The summed E-state index contributed by atoms with van der Waals surface area (Å²) in [5.74, 6) is -0.702. The number of amides is 2. The molecular weight excluding hydrogens is 270 g/mol. The van der Waals surface area contributed by atoms with Crippen molar-refractivity contribution < 1.29 is 9.59 Å². The van der Waals surface area contributed by atoms with Gasteiger partial charge in [0.15, 0.2) is 5.43 Å². The maximum absolute atomic E-state index is 12.0. The molecule has 2 aromatic rings. The highest BCUT2D eigenvalue weighted by Gasteiger charge is 2.11. The third kappa shape index (κ3) is 3.36. The Kier molecular flexibility index (Phi) is 4.18. The van der Waals surface area contributed by atoms with Crippen molar-refractivity contribution in [3.05, 3.63) is 63.6 Å². The van der Waals surface area contributed by atoms with Crippen molar-refractivity contribution in [1.82, 2.24) is 10.3 Å². The molecular formula is C15H15N3O3. The summed E-state index contributed by atoms with van der Waals surface area (Å²) in [5.41, 5.74) is 1.38. The molecule has 0 saturated heterocycles. The van der Waals surface area contributed by atoms with E-state index in [1.165, 1.54) is 12.3 Å². The fourth-order valence-electron chi connectivity index (χ4n) is 1.80. The highest BCUT2D eigenvalue weighted by molar-refractivity contribution is 6.04. The second kappa shape index (κ2) is 6.04. The third-order valence-corrected chi connectivity index (χ3v) is 2.93. The molecule has 0 unspecified atom stereocenters. The van der Waals surface area contributed by atoms with E-state index in [4.69, 9.17) is 0 Å². The molecule has 21 heavy (non-hydrogen) atoms. The van der Waals surface area contributed by atoms with Gasteiger partial charge in [-0.3, -0.25) is 14.4 Å². The van der Waals surface area contributed by atoms with E-state index in [0.717, 1.165) is 0 Å². The van der Waals surface area contributed by atoms with Gasteiger partial charge < -0.3 is 15.6 Å². The lowest BCUT2D eigenvalue weighted by Crippen LogP contribution is -2.21. The van der Waals surface area contributed by atoms with Gasteiger partial charge >= 0.3 is 0 Å². The lowest BCUT2D eigenvalue weighted by Gasteiger charge is -2.06. The Labute approximate surface area is 121 Å². The number of aromatic nitrogens is 1.